The number of hydrogen-bond acceptors (Lipinski definition) is 5. The van der Waals surface area contributed by atoms with E-state index in [9.17, 15) is 13.2 Å². The van der Waals surface area contributed by atoms with Crippen LogP contribution in [-0.4, -0.2) is 37.4 Å². The molecular formula is C15H24N2O3S2. The molecule has 1 aromatic rings. The summed E-state index contributed by atoms with van der Waals surface area (Å²) < 4.78 is 22.7. The molecule has 0 radical (unpaired) electrons. The van der Waals surface area contributed by atoms with Crippen molar-refractivity contribution in [2.24, 2.45) is 5.92 Å². The fraction of sp³-hybridized carbons (Fsp3) is 0.733. The molecule has 0 unspecified atom stereocenters. The number of carbonyl (C=O) groups is 1. The van der Waals surface area contributed by atoms with Crippen LogP contribution in [0, 0.1) is 5.92 Å². The normalized spacial score (nSPS) is 21.0. The van der Waals surface area contributed by atoms with Gasteiger partial charge in [0.15, 0.2) is 9.84 Å². The first-order valence-corrected chi connectivity index (χ1v) is 10.3. The van der Waals surface area contributed by atoms with Gasteiger partial charge >= 0.3 is 0 Å². The molecule has 1 aliphatic rings. The molecule has 2 heterocycles. The number of hydrogen-bond donors (Lipinski definition) is 1. The van der Waals surface area contributed by atoms with Crippen molar-refractivity contribution in [3.05, 3.63) is 16.1 Å². The molecule has 1 atom stereocenters. The standard InChI is InChI=1S/C15H24N2O3S2/c1-15(2,3)12-9-21-14(17-12)4-6-16-13(18)8-11-5-7-22(19,20)10-11/h9,11H,4-8,10H2,1-3H3,(H,16,18)/t11-/m0/s1. The first-order chi connectivity index (χ1) is 10.2. The molecule has 2 rings (SSSR count). The number of rotatable bonds is 5. The maximum Gasteiger partial charge on any atom is 0.220 e. The van der Waals surface area contributed by atoms with Gasteiger partial charge in [-0.25, -0.2) is 13.4 Å². The van der Waals surface area contributed by atoms with E-state index in [0.717, 1.165) is 17.1 Å². The second-order valence-electron chi connectivity index (χ2n) is 6.95. The molecule has 0 spiro atoms. The van der Waals surface area contributed by atoms with Crippen LogP contribution in [0.3, 0.4) is 0 Å². The molecule has 1 saturated heterocycles. The minimum Gasteiger partial charge on any atom is -0.356 e. The Bertz CT molecular complexity index is 629. The summed E-state index contributed by atoms with van der Waals surface area (Å²) in [5.74, 6) is 0.300. The third kappa shape index (κ3) is 5.05. The minimum atomic E-state index is -2.90. The number of amides is 1. The van der Waals surface area contributed by atoms with Gasteiger partial charge in [0.25, 0.3) is 0 Å². The smallest absolute Gasteiger partial charge is 0.220 e. The molecular weight excluding hydrogens is 320 g/mol. The summed E-state index contributed by atoms with van der Waals surface area (Å²) >= 11 is 1.62. The van der Waals surface area contributed by atoms with E-state index in [1.165, 1.54) is 0 Å². The molecule has 0 saturated carbocycles. The highest BCUT2D eigenvalue weighted by molar-refractivity contribution is 7.91. The summed E-state index contributed by atoms with van der Waals surface area (Å²) in [6.07, 6.45) is 1.64. The predicted molar refractivity (Wildman–Crippen MR) is 88.9 cm³/mol. The van der Waals surface area contributed by atoms with Crippen molar-refractivity contribution in [2.75, 3.05) is 18.1 Å². The van der Waals surface area contributed by atoms with E-state index < -0.39 is 9.84 Å². The second kappa shape index (κ2) is 6.66. The van der Waals surface area contributed by atoms with E-state index in [4.69, 9.17) is 0 Å². The molecule has 1 aromatic heterocycles. The Hall–Kier alpha value is -0.950. The summed E-state index contributed by atoms with van der Waals surface area (Å²) in [6.45, 7) is 6.94. The molecule has 22 heavy (non-hydrogen) atoms. The van der Waals surface area contributed by atoms with Crippen molar-refractivity contribution in [3.8, 4) is 0 Å². The molecule has 1 amide bonds. The van der Waals surface area contributed by atoms with Crippen molar-refractivity contribution in [3.63, 3.8) is 0 Å². The van der Waals surface area contributed by atoms with Crippen LogP contribution >= 0.6 is 11.3 Å². The zero-order valence-corrected chi connectivity index (χ0v) is 15.0. The summed E-state index contributed by atoms with van der Waals surface area (Å²) in [5, 5.41) is 5.96. The summed E-state index contributed by atoms with van der Waals surface area (Å²) in [6, 6.07) is 0. The van der Waals surface area contributed by atoms with Crippen LogP contribution < -0.4 is 5.32 Å². The SMILES string of the molecule is CC(C)(C)c1csc(CCNC(=O)C[C@@H]2CCS(=O)(=O)C2)n1. The molecule has 1 aliphatic heterocycles. The van der Waals surface area contributed by atoms with Crippen LogP contribution in [0.4, 0.5) is 0 Å². The maximum absolute atomic E-state index is 11.8. The zero-order valence-electron chi connectivity index (χ0n) is 13.4. The molecule has 5 nitrogen and oxygen atoms in total. The zero-order chi connectivity index (χ0) is 16.4. The highest BCUT2D eigenvalue weighted by atomic mass is 32.2. The highest BCUT2D eigenvalue weighted by Gasteiger charge is 2.29. The lowest BCUT2D eigenvalue weighted by molar-refractivity contribution is -0.121. The number of aromatic nitrogens is 1. The number of thiazole rings is 1. The van der Waals surface area contributed by atoms with E-state index in [0.29, 0.717) is 19.4 Å². The lowest BCUT2D eigenvalue weighted by Gasteiger charge is -2.14. The van der Waals surface area contributed by atoms with Crippen molar-refractivity contribution in [1.29, 1.82) is 0 Å². The number of sulfone groups is 1. The van der Waals surface area contributed by atoms with Crippen molar-refractivity contribution < 1.29 is 13.2 Å². The maximum atomic E-state index is 11.8. The van der Waals surface area contributed by atoms with E-state index in [-0.39, 0.29) is 28.7 Å². The van der Waals surface area contributed by atoms with E-state index in [1.54, 1.807) is 11.3 Å². The first kappa shape index (κ1) is 17.4. The van der Waals surface area contributed by atoms with E-state index >= 15 is 0 Å². The highest BCUT2D eigenvalue weighted by Crippen LogP contribution is 2.24. The molecule has 1 N–H and O–H groups in total. The van der Waals surface area contributed by atoms with Gasteiger partial charge in [-0.3, -0.25) is 4.79 Å². The van der Waals surface area contributed by atoms with Gasteiger partial charge < -0.3 is 5.32 Å². The van der Waals surface area contributed by atoms with Crippen molar-refractivity contribution in [2.45, 2.75) is 45.4 Å². The van der Waals surface area contributed by atoms with Gasteiger partial charge in [-0.2, -0.15) is 0 Å². The van der Waals surface area contributed by atoms with Gasteiger partial charge in [-0.05, 0) is 12.3 Å². The van der Waals surface area contributed by atoms with Crippen LogP contribution in [0.2, 0.25) is 0 Å². The Labute approximate surface area is 136 Å². The minimum absolute atomic E-state index is 0.0163. The van der Waals surface area contributed by atoms with Crippen molar-refractivity contribution >= 4 is 27.1 Å². The topological polar surface area (TPSA) is 76.1 Å². The average molecular weight is 345 g/mol. The van der Waals surface area contributed by atoms with Crippen LogP contribution in [0.1, 0.15) is 44.3 Å². The van der Waals surface area contributed by atoms with Gasteiger partial charge in [-0.1, -0.05) is 20.8 Å². The molecule has 0 bridgehead atoms. The average Bonchev–Trinajstić information content (AvgIpc) is 2.95. The Morgan fingerprint density at radius 3 is 2.73 bits per heavy atom. The van der Waals surface area contributed by atoms with Crippen molar-refractivity contribution in [1.82, 2.24) is 10.3 Å². The fourth-order valence-electron chi connectivity index (χ4n) is 2.45. The second-order valence-corrected chi connectivity index (χ2v) is 10.1. The molecule has 1 fully saturated rings. The van der Waals surface area contributed by atoms with E-state index in [1.807, 2.05) is 0 Å². The van der Waals surface area contributed by atoms with Crippen LogP contribution in [0.25, 0.3) is 0 Å². The third-order valence-electron chi connectivity index (χ3n) is 3.78. The number of nitrogens with zero attached hydrogens (tertiary/aromatic N) is 1. The third-order valence-corrected chi connectivity index (χ3v) is 6.53. The Balaban J connectivity index is 1.72. The largest absolute Gasteiger partial charge is 0.356 e. The first-order valence-electron chi connectivity index (χ1n) is 7.58. The summed E-state index contributed by atoms with van der Waals surface area (Å²) in [5.41, 5.74) is 1.13. The van der Waals surface area contributed by atoms with Gasteiger partial charge in [0.1, 0.15) is 0 Å². The lowest BCUT2D eigenvalue weighted by atomic mass is 9.93. The Morgan fingerprint density at radius 2 is 2.18 bits per heavy atom. The van der Waals surface area contributed by atoms with Gasteiger partial charge in [0.2, 0.25) is 5.91 Å². The van der Waals surface area contributed by atoms with Crippen LogP contribution in [-0.2, 0) is 26.5 Å². The predicted octanol–water partition coefficient (Wildman–Crippen LogP) is 1.92. The molecule has 124 valence electrons. The summed E-state index contributed by atoms with van der Waals surface area (Å²) in [7, 11) is -2.90. The van der Waals surface area contributed by atoms with Crippen LogP contribution in [0.5, 0.6) is 0 Å². The molecule has 7 heteroatoms. The van der Waals surface area contributed by atoms with Gasteiger partial charge in [-0.15, -0.1) is 11.3 Å². The summed E-state index contributed by atoms with van der Waals surface area (Å²) in [4.78, 5) is 16.4. The monoisotopic (exact) mass is 344 g/mol. The Morgan fingerprint density at radius 1 is 1.45 bits per heavy atom. The Kier molecular flexibility index (Phi) is 5.27. The molecule has 0 aliphatic carbocycles. The fourth-order valence-corrected chi connectivity index (χ4v) is 5.33. The lowest BCUT2D eigenvalue weighted by Crippen LogP contribution is -2.28. The van der Waals surface area contributed by atoms with Gasteiger partial charge in [0.05, 0.1) is 22.2 Å². The molecule has 0 aromatic carbocycles. The van der Waals surface area contributed by atoms with Crippen LogP contribution in [0.15, 0.2) is 5.38 Å². The van der Waals surface area contributed by atoms with E-state index in [2.05, 4.69) is 36.5 Å². The van der Waals surface area contributed by atoms with Gasteiger partial charge in [0, 0.05) is 30.2 Å². The quantitative estimate of drug-likeness (QED) is 0.885. The number of carbonyl (C=O) groups excluding carboxylic acids is 1. The number of nitrogens with one attached hydrogen (secondary N) is 1.